The number of hydrogen-bond acceptors (Lipinski definition) is 4. The number of nitrogens with one attached hydrogen (secondary N) is 2. The summed E-state index contributed by atoms with van der Waals surface area (Å²) < 4.78 is 5.57. The van der Waals surface area contributed by atoms with Crippen molar-refractivity contribution in [2.24, 2.45) is 5.92 Å². The van der Waals surface area contributed by atoms with Crippen LogP contribution in [0.4, 0.5) is 0 Å². The Bertz CT molecular complexity index is 574. The summed E-state index contributed by atoms with van der Waals surface area (Å²) in [5, 5.41) is 15.0. The fraction of sp³-hybridized carbons (Fsp3) is 0.600. The molecule has 1 aliphatic rings. The molecule has 1 aliphatic carbocycles. The van der Waals surface area contributed by atoms with Crippen LogP contribution in [0.15, 0.2) is 24.3 Å². The Labute approximate surface area is 155 Å². The Morgan fingerprint density at radius 2 is 1.92 bits per heavy atom. The molecule has 2 amide bonds. The van der Waals surface area contributed by atoms with Gasteiger partial charge in [0.2, 0.25) is 5.91 Å². The summed E-state index contributed by atoms with van der Waals surface area (Å²) in [5.41, 5.74) is 0.492. The molecule has 144 valence electrons. The third-order valence-electron chi connectivity index (χ3n) is 4.78. The molecular weight excluding hydrogens is 332 g/mol. The second-order valence-electron chi connectivity index (χ2n) is 6.81. The van der Waals surface area contributed by atoms with Gasteiger partial charge >= 0.3 is 0 Å². The van der Waals surface area contributed by atoms with E-state index in [1.54, 1.807) is 24.3 Å². The van der Waals surface area contributed by atoms with E-state index in [2.05, 4.69) is 17.6 Å². The monoisotopic (exact) mass is 362 g/mol. The number of carbonyl (C=O) groups excluding carboxylic acids is 2. The van der Waals surface area contributed by atoms with Gasteiger partial charge in [0.25, 0.3) is 5.91 Å². The summed E-state index contributed by atoms with van der Waals surface area (Å²) in [6.07, 6.45) is 6.02. The fourth-order valence-corrected chi connectivity index (χ4v) is 3.17. The maximum atomic E-state index is 12.2. The van der Waals surface area contributed by atoms with Crippen molar-refractivity contribution in [3.8, 4) is 5.75 Å². The summed E-state index contributed by atoms with van der Waals surface area (Å²) in [5.74, 6) is 0.342. The van der Waals surface area contributed by atoms with Crippen molar-refractivity contribution in [1.29, 1.82) is 0 Å². The molecule has 0 radical (unpaired) electrons. The van der Waals surface area contributed by atoms with Crippen LogP contribution in [-0.4, -0.2) is 42.7 Å². The molecule has 6 heteroatoms. The second kappa shape index (κ2) is 10.8. The molecule has 3 N–H and O–H groups in total. The quantitative estimate of drug-likeness (QED) is 0.588. The van der Waals surface area contributed by atoms with Gasteiger partial charge in [-0.15, -0.1) is 0 Å². The number of aliphatic hydroxyl groups is 1. The van der Waals surface area contributed by atoms with Crippen LogP contribution < -0.4 is 15.4 Å². The number of amides is 2. The van der Waals surface area contributed by atoms with Crippen LogP contribution in [0.2, 0.25) is 0 Å². The lowest BCUT2D eigenvalue weighted by Gasteiger charge is -2.30. The average Bonchev–Trinajstić information content (AvgIpc) is 2.67. The van der Waals surface area contributed by atoms with E-state index in [0.29, 0.717) is 12.2 Å². The minimum atomic E-state index is -0.289. The van der Waals surface area contributed by atoms with Crippen LogP contribution in [0, 0.1) is 5.92 Å². The molecule has 2 rings (SSSR count). The van der Waals surface area contributed by atoms with E-state index < -0.39 is 0 Å². The molecule has 1 aromatic carbocycles. The molecule has 0 aliphatic heterocycles. The summed E-state index contributed by atoms with van der Waals surface area (Å²) in [6.45, 7) is 2.79. The molecule has 0 bridgehead atoms. The fourth-order valence-electron chi connectivity index (χ4n) is 3.17. The third kappa shape index (κ3) is 6.33. The molecule has 0 unspecified atom stereocenters. The largest absolute Gasteiger partial charge is 0.494 e. The maximum Gasteiger partial charge on any atom is 0.251 e. The second-order valence-corrected chi connectivity index (χ2v) is 6.81. The molecule has 0 aromatic heterocycles. The van der Waals surface area contributed by atoms with E-state index >= 15 is 0 Å². The lowest BCUT2D eigenvalue weighted by molar-refractivity contribution is -0.121. The number of ether oxygens (including phenoxy) is 1. The summed E-state index contributed by atoms with van der Waals surface area (Å²) >= 11 is 0. The van der Waals surface area contributed by atoms with Crippen LogP contribution >= 0.6 is 0 Å². The number of aliphatic hydroxyl groups excluding tert-OH is 1. The van der Waals surface area contributed by atoms with E-state index in [-0.39, 0.29) is 36.9 Å². The van der Waals surface area contributed by atoms with Gasteiger partial charge in [-0.25, -0.2) is 0 Å². The van der Waals surface area contributed by atoms with Crippen LogP contribution in [0.5, 0.6) is 5.75 Å². The molecule has 1 fully saturated rings. The predicted molar refractivity (Wildman–Crippen MR) is 100 cm³/mol. The topological polar surface area (TPSA) is 87.7 Å². The van der Waals surface area contributed by atoms with Crippen molar-refractivity contribution in [1.82, 2.24) is 10.6 Å². The third-order valence-corrected chi connectivity index (χ3v) is 4.78. The lowest BCUT2D eigenvalue weighted by Crippen LogP contribution is -2.47. The molecule has 1 saturated carbocycles. The Morgan fingerprint density at radius 1 is 1.19 bits per heavy atom. The van der Waals surface area contributed by atoms with Crippen LogP contribution in [0.25, 0.3) is 0 Å². The zero-order valence-corrected chi connectivity index (χ0v) is 15.5. The molecule has 1 aromatic rings. The van der Waals surface area contributed by atoms with Gasteiger partial charge < -0.3 is 20.5 Å². The van der Waals surface area contributed by atoms with E-state index in [1.165, 1.54) is 0 Å². The molecule has 0 saturated heterocycles. The van der Waals surface area contributed by atoms with Gasteiger partial charge in [0.15, 0.2) is 0 Å². The van der Waals surface area contributed by atoms with Gasteiger partial charge in [0.05, 0.1) is 13.2 Å². The van der Waals surface area contributed by atoms with Gasteiger partial charge in [-0.2, -0.15) is 0 Å². The molecule has 2 atom stereocenters. The molecular formula is C20H30N2O4. The van der Waals surface area contributed by atoms with Crippen molar-refractivity contribution < 1.29 is 19.4 Å². The SMILES string of the molecule is CCCCOc1ccc(C(=O)NCC(=O)N[C@H]2CCCC[C@H]2CO)cc1. The standard InChI is InChI=1S/C20H30N2O4/c1-2-3-12-26-17-10-8-15(9-11-17)20(25)21-13-19(24)22-18-7-5-4-6-16(18)14-23/h8-11,16,18,23H,2-7,12-14H2,1H3,(H,21,25)(H,22,24)/t16-,18-/m0/s1. The summed E-state index contributed by atoms with van der Waals surface area (Å²) in [4.78, 5) is 24.2. The minimum Gasteiger partial charge on any atom is -0.494 e. The van der Waals surface area contributed by atoms with Crippen LogP contribution in [-0.2, 0) is 4.79 Å². The van der Waals surface area contributed by atoms with Gasteiger partial charge in [-0.1, -0.05) is 26.2 Å². The molecule has 0 spiro atoms. The average molecular weight is 362 g/mol. The highest BCUT2D eigenvalue weighted by atomic mass is 16.5. The zero-order chi connectivity index (χ0) is 18.8. The minimum absolute atomic E-state index is 0.00212. The van der Waals surface area contributed by atoms with Crippen LogP contribution in [0.1, 0.15) is 55.8 Å². The highest BCUT2D eigenvalue weighted by molar-refractivity contribution is 5.96. The first-order valence-electron chi connectivity index (χ1n) is 9.55. The first kappa shape index (κ1) is 20.2. The smallest absolute Gasteiger partial charge is 0.251 e. The van der Waals surface area contributed by atoms with Gasteiger partial charge in [0, 0.05) is 24.1 Å². The summed E-state index contributed by atoms with van der Waals surface area (Å²) in [6, 6.07) is 6.91. The molecule has 6 nitrogen and oxygen atoms in total. The van der Waals surface area contributed by atoms with E-state index in [1.807, 2.05) is 0 Å². The Morgan fingerprint density at radius 3 is 2.62 bits per heavy atom. The summed E-state index contributed by atoms with van der Waals surface area (Å²) in [7, 11) is 0. The number of benzene rings is 1. The highest BCUT2D eigenvalue weighted by Crippen LogP contribution is 2.23. The highest BCUT2D eigenvalue weighted by Gasteiger charge is 2.25. The van der Waals surface area contributed by atoms with Gasteiger partial charge in [0.1, 0.15) is 5.75 Å². The van der Waals surface area contributed by atoms with Crippen LogP contribution in [0.3, 0.4) is 0 Å². The Kier molecular flexibility index (Phi) is 8.41. The maximum absolute atomic E-state index is 12.2. The first-order chi connectivity index (χ1) is 12.6. The van der Waals surface area contributed by atoms with E-state index in [4.69, 9.17) is 4.74 Å². The Balaban J connectivity index is 1.75. The van der Waals surface area contributed by atoms with Gasteiger partial charge in [-0.05, 0) is 43.5 Å². The number of hydrogen-bond donors (Lipinski definition) is 3. The van der Waals surface area contributed by atoms with Crippen molar-refractivity contribution in [2.45, 2.75) is 51.5 Å². The zero-order valence-electron chi connectivity index (χ0n) is 15.5. The Hall–Kier alpha value is -2.08. The van der Waals surface area contributed by atoms with E-state index in [0.717, 1.165) is 44.3 Å². The van der Waals surface area contributed by atoms with E-state index in [9.17, 15) is 14.7 Å². The molecule has 26 heavy (non-hydrogen) atoms. The predicted octanol–water partition coefficient (Wildman–Crippen LogP) is 2.26. The van der Waals surface area contributed by atoms with Gasteiger partial charge in [-0.3, -0.25) is 9.59 Å². The van der Waals surface area contributed by atoms with Crippen molar-refractivity contribution >= 4 is 11.8 Å². The number of unbranched alkanes of at least 4 members (excludes halogenated alkanes) is 1. The van der Waals surface area contributed by atoms with Crippen molar-refractivity contribution in [3.05, 3.63) is 29.8 Å². The first-order valence-corrected chi connectivity index (χ1v) is 9.55. The normalized spacial score (nSPS) is 19.6. The number of carbonyl (C=O) groups is 2. The van der Waals surface area contributed by atoms with Crippen molar-refractivity contribution in [2.75, 3.05) is 19.8 Å². The van der Waals surface area contributed by atoms with Crippen molar-refractivity contribution in [3.63, 3.8) is 0 Å². The molecule has 0 heterocycles. The number of rotatable bonds is 9. The lowest BCUT2D eigenvalue weighted by atomic mass is 9.85.